The first-order valence-corrected chi connectivity index (χ1v) is 6.95. The lowest BCUT2D eigenvalue weighted by Gasteiger charge is -2.15. The Morgan fingerprint density at radius 3 is 2.43 bits per heavy atom. The molecule has 1 unspecified atom stereocenters. The molecular formula is C9H15NO2S2. The van der Waals surface area contributed by atoms with Crippen LogP contribution in [-0.2, 0) is 10.0 Å². The van der Waals surface area contributed by atoms with Crippen molar-refractivity contribution in [3.63, 3.8) is 0 Å². The van der Waals surface area contributed by atoms with Crippen molar-refractivity contribution in [1.82, 2.24) is 4.72 Å². The monoisotopic (exact) mass is 233 g/mol. The highest BCUT2D eigenvalue weighted by Crippen LogP contribution is 2.17. The van der Waals surface area contributed by atoms with E-state index in [1.165, 1.54) is 0 Å². The third kappa shape index (κ3) is 2.80. The standard InChI is InChI=1S/C9H15NO2S2/c1-7(2)14(11,12)10-8(3)9-4-5-13-6-9/h4-8,10H,1-3H3. The van der Waals surface area contributed by atoms with Crippen LogP contribution in [0.15, 0.2) is 16.8 Å². The fourth-order valence-corrected chi connectivity index (χ4v) is 2.63. The van der Waals surface area contributed by atoms with Crippen LogP contribution in [0.2, 0.25) is 0 Å². The lowest BCUT2D eigenvalue weighted by molar-refractivity contribution is 0.558. The Labute approximate surface area is 89.2 Å². The van der Waals surface area contributed by atoms with Gasteiger partial charge >= 0.3 is 0 Å². The molecular weight excluding hydrogens is 218 g/mol. The second-order valence-corrected chi connectivity index (χ2v) is 6.54. The van der Waals surface area contributed by atoms with Crippen LogP contribution in [-0.4, -0.2) is 13.7 Å². The molecule has 0 aromatic carbocycles. The molecule has 1 N–H and O–H groups in total. The molecule has 0 aliphatic carbocycles. The van der Waals surface area contributed by atoms with Crippen molar-refractivity contribution in [2.45, 2.75) is 32.1 Å². The Morgan fingerprint density at radius 2 is 2.00 bits per heavy atom. The molecule has 0 bridgehead atoms. The number of rotatable bonds is 4. The Balaban J connectivity index is 2.71. The zero-order valence-corrected chi connectivity index (χ0v) is 10.2. The van der Waals surface area contributed by atoms with Gasteiger partial charge in [0.2, 0.25) is 10.0 Å². The Bertz CT molecular complexity index is 368. The maximum atomic E-state index is 11.5. The van der Waals surface area contributed by atoms with Gasteiger partial charge in [-0.25, -0.2) is 13.1 Å². The zero-order valence-electron chi connectivity index (χ0n) is 8.52. The molecule has 5 heteroatoms. The fourth-order valence-electron chi connectivity index (χ4n) is 0.972. The number of sulfonamides is 1. The minimum absolute atomic E-state index is 0.145. The van der Waals surface area contributed by atoms with Crippen molar-refractivity contribution in [2.24, 2.45) is 0 Å². The average Bonchev–Trinajstić information content (AvgIpc) is 2.54. The second-order valence-electron chi connectivity index (χ2n) is 3.49. The van der Waals surface area contributed by atoms with E-state index in [4.69, 9.17) is 0 Å². The molecule has 80 valence electrons. The quantitative estimate of drug-likeness (QED) is 0.866. The van der Waals surface area contributed by atoms with E-state index in [1.807, 2.05) is 23.8 Å². The van der Waals surface area contributed by atoms with Crippen LogP contribution in [0.5, 0.6) is 0 Å². The first-order chi connectivity index (χ1) is 6.43. The van der Waals surface area contributed by atoms with E-state index in [0.717, 1.165) is 5.56 Å². The van der Waals surface area contributed by atoms with Crippen molar-refractivity contribution in [2.75, 3.05) is 0 Å². The van der Waals surface area contributed by atoms with Gasteiger partial charge in [-0.15, -0.1) is 0 Å². The normalized spacial score (nSPS) is 14.6. The minimum Gasteiger partial charge on any atom is -0.212 e. The Morgan fingerprint density at radius 1 is 1.36 bits per heavy atom. The predicted octanol–water partition coefficient (Wildman–Crippen LogP) is 2.14. The topological polar surface area (TPSA) is 46.2 Å². The molecule has 0 radical (unpaired) electrons. The van der Waals surface area contributed by atoms with Gasteiger partial charge in [0, 0.05) is 6.04 Å². The summed E-state index contributed by atoms with van der Waals surface area (Å²) in [6.45, 7) is 5.19. The van der Waals surface area contributed by atoms with E-state index < -0.39 is 10.0 Å². The lowest BCUT2D eigenvalue weighted by atomic mass is 10.2. The largest absolute Gasteiger partial charge is 0.214 e. The van der Waals surface area contributed by atoms with Crippen LogP contribution < -0.4 is 4.72 Å². The van der Waals surface area contributed by atoms with Gasteiger partial charge in [0.05, 0.1) is 5.25 Å². The number of hydrogen-bond acceptors (Lipinski definition) is 3. The molecule has 1 rings (SSSR count). The summed E-state index contributed by atoms with van der Waals surface area (Å²) < 4.78 is 25.7. The zero-order chi connectivity index (χ0) is 10.8. The summed E-state index contributed by atoms with van der Waals surface area (Å²) in [5.41, 5.74) is 1.01. The van der Waals surface area contributed by atoms with Crippen molar-refractivity contribution in [3.8, 4) is 0 Å². The SMILES string of the molecule is CC(NS(=O)(=O)C(C)C)c1ccsc1. The smallest absolute Gasteiger partial charge is 0.212 e. The highest BCUT2D eigenvalue weighted by atomic mass is 32.2. The maximum absolute atomic E-state index is 11.5. The molecule has 0 saturated carbocycles. The summed E-state index contributed by atoms with van der Waals surface area (Å²) in [6, 6.07) is 1.78. The molecule has 0 amide bonds. The van der Waals surface area contributed by atoms with Crippen LogP contribution >= 0.6 is 11.3 Å². The third-order valence-electron chi connectivity index (χ3n) is 2.00. The lowest BCUT2D eigenvalue weighted by Crippen LogP contribution is -2.32. The molecule has 1 aromatic rings. The highest BCUT2D eigenvalue weighted by molar-refractivity contribution is 7.90. The summed E-state index contributed by atoms with van der Waals surface area (Å²) in [6.07, 6.45) is 0. The first-order valence-electron chi connectivity index (χ1n) is 4.46. The number of hydrogen-bond donors (Lipinski definition) is 1. The van der Waals surface area contributed by atoms with Crippen molar-refractivity contribution in [1.29, 1.82) is 0 Å². The molecule has 3 nitrogen and oxygen atoms in total. The number of thiophene rings is 1. The predicted molar refractivity (Wildman–Crippen MR) is 59.9 cm³/mol. The molecule has 0 aliphatic rings. The van der Waals surface area contributed by atoms with E-state index in [2.05, 4.69) is 4.72 Å². The molecule has 1 heterocycles. The van der Waals surface area contributed by atoms with Crippen LogP contribution in [0.4, 0.5) is 0 Å². The molecule has 1 atom stereocenters. The average molecular weight is 233 g/mol. The van der Waals surface area contributed by atoms with Gasteiger partial charge in [-0.3, -0.25) is 0 Å². The fraction of sp³-hybridized carbons (Fsp3) is 0.556. The number of nitrogens with one attached hydrogen (secondary N) is 1. The molecule has 0 saturated heterocycles. The summed E-state index contributed by atoms with van der Waals surface area (Å²) in [5.74, 6) is 0. The van der Waals surface area contributed by atoms with Gasteiger partial charge in [-0.2, -0.15) is 11.3 Å². The molecule has 0 aliphatic heterocycles. The van der Waals surface area contributed by atoms with Gasteiger partial charge in [-0.1, -0.05) is 0 Å². The van der Waals surface area contributed by atoms with Crippen molar-refractivity contribution in [3.05, 3.63) is 22.4 Å². The second kappa shape index (κ2) is 4.42. The van der Waals surface area contributed by atoms with Crippen LogP contribution in [0, 0.1) is 0 Å². The van der Waals surface area contributed by atoms with Gasteiger partial charge < -0.3 is 0 Å². The van der Waals surface area contributed by atoms with Crippen molar-refractivity contribution >= 4 is 21.4 Å². The molecule has 14 heavy (non-hydrogen) atoms. The molecule has 0 spiro atoms. The maximum Gasteiger partial charge on any atom is 0.214 e. The van der Waals surface area contributed by atoms with Crippen LogP contribution in [0.1, 0.15) is 32.4 Å². The van der Waals surface area contributed by atoms with E-state index >= 15 is 0 Å². The minimum atomic E-state index is -3.17. The van der Waals surface area contributed by atoms with Crippen molar-refractivity contribution < 1.29 is 8.42 Å². The molecule has 0 fully saturated rings. The van der Waals surface area contributed by atoms with E-state index in [-0.39, 0.29) is 11.3 Å². The summed E-state index contributed by atoms with van der Waals surface area (Å²) in [5, 5.41) is 3.51. The van der Waals surface area contributed by atoms with E-state index in [1.54, 1.807) is 25.2 Å². The Kier molecular flexibility index (Phi) is 3.69. The van der Waals surface area contributed by atoms with Gasteiger partial charge in [0.15, 0.2) is 0 Å². The van der Waals surface area contributed by atoms with Crippen LogP contribution in [0.3, 0.4) is 0 Å². The van der Waals surface area contributed by atoms with Gasteiger partial charge in [-0.05, 0) is 43.2 Å². The van der Waals surface area contributed by atoms with E-state index in [9.17, 15) is 8.42 Å². The van der Waals surface area contributed by atoms with Gasteiger partial charge in [0.25, 0.3) is 0 Å². The van der Waals surface area contributed by atoms with Gasteiger partial charge in [0.1, 0.15) is 0 Å². The molecule has 1 aromatic heterocycles. The Hall–Kier alpha value is -0.390. The summed E-state index contributed by atoms with van der Waals surface area (Å²) in [4.78, 5) is 0. The first kappa shape index (κ1) is 11.7. The summed E-state index contributed by atoms with van der Waals surface area (Å²) in [7, 11) is -3.17. The summed E-state index contributed by atoms with van der Waals surface area (Å²) >= 11 is 1.57. The van der Waals surface area contributed by atoms with Crippen LogP contribution in [0.25, 0.3) is 0 Å². The highest BCUT2D eigenvalue weighted by Gasteiger charge is 2.19. The third-order valence-corrected chi connectivity index (χ3v) is 4.63. The van der Waals surface area contributed by atoms with E-state index in [0.29, 0.717) is 0 Å².